The zero-order valence-corrected chi connectivity index (χ0v) is 18.9. The number of fused-ring (bicyclic) bond motifs is 3. The average Bonchev–Trinajstić information content (AvgIpc) is 3.05. The molecule has 2 aliphatic heterocycles. The molecule has 0 saturated carbocycles. The molecule has 3 aromatic rings. The number of hydrogen-bond donors (Lipinski definition) is 0. The van der Waals surface area contributed by atoms with Gasteiger partial charge < -0.3 is 9.64 Å². The minimum absolute atomic E-state index is 0.0776. The number of amides is 1. The molecular weight excluding hydrogens is 402 g/mol. The highest BCUT2D eigenvalue weighted by atomic mass is 16.5. The maximum atomic E-state index is 13.1. The fourth-order valence-electron chi connectivity index (χ4n) is 5.10. The van der Waals surface area contributed by atoms with Crippen LogP contribution in [-0.4, -0.2) is 45.6 Å². The van der Waals surface area contributed by atoms with Gasteiger partial charge in [0.25, 0.3) is 0 Å². The van der Waals surface area contributed by atoms with Crippen molar-refractivity contribution in [1.29, 1.82) is 0 Å². The topological polar surface area (TPSA) is 64.4 Å². The van der Waals surface area contributed by atoms with Crippen molar-refractivity contribution in [1.82, 2.24) is 14.7 Å². The minimum atomic E-state index is -0.192. The van der Waals surface area contributed by atoms with Gasteiger partial charge in [0.1, 0.15) is 18.4 Å². The Morgan fingerprint density at radius 2 is 1.97 bits per heavy atom. The van der Waals surface area contributed by atoms with Gasteiger partial charge in [0.05, 0.1) is 11.3 Å². The summed E-state index contributed by atoms with van der Waals surface area (Å²) in [6.07, 6.45) is 2.06. The molecule has 3 heterocycles. The molecule has 6 nitrogen and oxygen atoms in total. The predicted octanol–water partition coefficient (Wildman–Crippen LogP) is 4.23. The number of rotatable bonds is 3. The van der Waals surface area contributed by atoms with Crippen molar-refractivity contribution in [3.05, 3.63) is 58.9 Å². The van der Waals surface area contributed by atoms with E-state index < -0.39 is 0 Å². The number of nitrogens with zero attached hydrogens (tertiary/aromatic N) is 3. The van der Waals surface area contributed by atoms with E-state index in [-0.39, 0.29) is 30.3 Å². The van der Waals surface area contributed by atoms with Crippen LogP contribution in [0.15, 0.2) is 36.4 Å². The average molecular weight is 432 g/mol. The van der Waals surface area contributed by atoms with Crippen LogP contribution in [0.25, 0.3) is 10.8 Å². The second kappa shape index (κ2) is 8.08. The SMILES string of the molecule is Cc1nn(CC(=O)N2CCCC(C3CC(=O)c4c(ccc5ccccc45)O3)C2)c(C)c1C. The van der Waals surface area contributed by atoms with Crippen LogP contribution in [0.3, 0.4) is 0 Å². The van der Waals surface area contributed by atoms with E-state index in [1.165, 1.54) is 0 Å². The summed E-state index contributed by atoms with van der Waals surface area (Å²) in [6, 6.07) is 11.9. The molecule has 6 heteroatoms. The molecule has 32 heavy (non-hydrogen) atoms. The van der Waals surface area contributed by atoms with E-state index in [4.69, 9.17) is 4.74 Å². The fraction of sp³-hybridized carbons (Fsp3) is 0.423. The number of carbonyl (C=O) groups excluding carboxylic acids is 2. The molecule has 1 fully saturated rings. The fourth-order valence-corrected chi connectivity index (χ4v) is 5.10. The van der Waals surface area contributed by atoms with E-state index >= 15 is 0 Å². The van der Waals surface area contributed by atoms with Crippen molar-refractivity contribution >= 4 is 22.5 Å². The second-order valence-electron chi connectivity index (χ2n) is 9.14. The van der Waals surface area contributed by atoms with E-state index in [1.54, 1.807) is 4.68 Å². The molecule has 1 aromatic heterocycles. The molecule has 1 saturated heterocycles. The summed E-state index contributed by atoms with van der Waals surface area (Å²) < 4.78 is 8.16. The molecule has 0 spiro atoms. The van der Waals surface area contributed by atoms with Crippen LogP contribution in [0.5, 0.6) is 5.75 Å². The van der Waals surface area contributed by atoms with Gasteiger partial charge in [0, 0.05) is 31.1 Å². The number of likely N-dealkylation sites (tertiary alicyclic amines) is 1. The van der Waals surface area contributed by atoms with Crippen LogP contribution in [0.2, 0.25) is 0 Å². The molecule has 2 unspecified atom stereocenters. The molecule has 2 aromatic carbocycles. The van der Waals surface area contributed by atoms with E-state index in [2.05, 4.69) is 5.10 Å². The van der Waals surface area contributed by atoms with Gasteiger partial charge in [-0.25, -0.2) is 0 Å². The number of benzene rings is 2. The molecule has 0 bridgehead atoms. The van der Waals surface area contributed by atoms with E-state index in [0.29, 0.717) is 24.3 Å². The molecule has 0 N–H and O–H groups in total. The second-order valence-corrected chi connectivity index (χ2v) is 9.14. The summed E-state index contributed by atoms with van der Waals surface area (Å²) in [5.74, 6) is 1.04. The zero-order valence-electron chi connectivity index (χ0n) is 18.9. The lowest BCUT2D eigenvalue weighted by molar-refractivity contribution is -0.134. The smallest absolute Gasteiger partial charge is 0.244 e. The minimum Gasteiger partial charge on any atom is -0.489 e. The number of ether oxygens (including phenoxy) is 1. The highest BCUT2D eigenvalue weighted by Gasteiger charge is 2.36. The van der Waals surface area contributed by atoms with Gasteiger partial charge in [-0.1, -0.05) is 30.3 Å². The largest absolute Gasteiger partial charge is 0.489 e. The first kappa shape index (κ1) is 20.7. The maximum Gasteiger partial charge on any atom is 0.244 e. The predicted molar refractivity (Wildman–Crippen MR) is 123 cm³/mol. The number of hydrogen-bond acceptors (Lipinski definition) is 4. The number of carbonyl (C=O) groups is 2. The standard InChI is InChI=1S/C26H29N3O3/c1-16-17(2)27-29(18(16)3)15-25(31)28-12-6-8-20(14-28)24-13-22(30)26-21-9-5-4-7-19(21)10-11-23(26)32-24/h4-5,7,9-11,20,24H,6,8,12-15H2,1-3H3. The summed E-state index contributed by atoms with van der Waals surface area (Å²) in [4.78, 5) is 28.1. The summed E-state index contributed by atoms with van der Waals surface area (Å²) in [7, 11) is 0. The molecule has 0 aliphatic carbocycles. The van der Waals surface area contributed by atoms with Crippen molar-refractivity contribution in [3.8, 4) is 5.75 Å². The molecule has 5 rings (SSSR count). The third-order valence-electron chi connectivity index (χ3n) is 7.20. The van der Waals surface area contributed by atoms with E-state index in [1.807, 2.05) is 62.1 Å². The number of ketones is 1. The number of aromatic nitrogens is 2. The zero-order chi connectivity index (χ0) is 22.4. The Hall–Kier alpha value is -3.15. The van der Waals surface area contributed by atoms with Crippen molar-refractivity contribution in [2.45, 2.75) is 52.7 Å². The van der Waals surface area contributed by atoms with Crippen molar-refractivity contribution in [3.63, 3.8) is 0 Å². The number of Topliss-reactive ketones (excluding diaryl/α,β-unsaturated/α-hetero) is 1. The van der Waals surface area contributed by atoms with Crippen molar-refractivity contribution in [2.75, 3.05) is 13.1 Å². The van der Waals surface area contributed by atoms with Gasteiger partial charge in [-0.3, -0.25) is 14.3 Å². The molecule has 2 aliphatic rings. The summed E-state index contributed by atoms with van der Waals surface area (Å²) in [6.45, 7) is 7.64. The highest BCUT2D eigenvalue weighted by molar-refractivity contribution is 6.11. The van der Waals surface area contributed by atoms with E-state index in [0.717, 1.165) is 47.1 Å². The normalized spacial score (nSPS) is 20.8. The molecule has 2 atom stereocenters. The lowest BCUT2D eigenvalue weighted by Gasteiger charge is -2.38. The number of piperidine rings is 1. The highest BCUT2D eigenvalue weighted by Crippen LogP contribution is 2.37. The Morgan fingerprint density at radius 1 is 1.16 bits per heavy atom. The van der Waals surface area contributed by atoms with Gasteiger partial charge in [-0.05, 0) is 56.0 Å². The third-order valence-corrected chi connectivity index (χ3v) is 7.20. The van der Waals surface area contributed by atoms with Crippen molar-refractivity contribution in [2.24, 2.45) is 5.92 Å². The lowest BCUT2D eigenvalue weighted by Crippen LogP contribution is -2.47. The van der Waals surface area contributed by atoms with Gasteiger partial charge >= 0.3 is 0 Å². The van der Waals surface area contributed by atoms with Crippen molar-refractivity contribution < 1.29 is 14.3 Å². The van der Waals surface area contributed by atoms with Gasteiger partial charge in [0.15, 0.2) is 5.78 Å². The monoisotopic (exact) mass is 431 g/mol. The third kappa shape index (κ3) is 3.57. The van der Waals surface area contributed by atoms with Crippen LogP contribution in [0, 0.1) is 26.7 Å². The molecule has 0 radical (unpaired) electrons. The van der Waals surface area contributed by atoms with Crippen LogP contribution in [-0.2, 0) is 11.3 Å². The summed E-state index contributed by atoms with van der Waals surface area (Å²) in [5, 5.41) is 6.52. The maximum absolute atomic E-state index is 13.1. The molecule has 1 amide bonds. The van der Waals surface area contributed by atoms with Crippen LogP contribution in [0.1, 0.15) is 46.6 Å². The van der Waals surface area contributed by atoms with Crippen LogP contribution >= 0.6 is 0 Å². The van der Waals surface area contributed by atoms with Gasteiger partial charge in [0.2, 0.25) is 5.91 Å². The first-order valence-electron chi connectivity index (χ1n) is 11.4. The lowest BCUT2D eigenvalue weighted by atomic mass is 9.85. The van der Waals surface area contributed by atoms with Gasteiger partial charge in [-0.2, -0.15) is 5.10 Å². The van der Waals surface area contributed by atoms with E-state index in [9.17, 15) is 9.59 Å². The Bertz CT molecular complexity index is 1210. The number of aryl methyl sites for hydroxylation is 1. The van der Waals surface area contributed by atoms with Gasteiger partial charge in [-0.15, -0.1) is 0 Å². The summed E-state index contributed by atoms with van der Waals surface area (Å²) in [5.41, 5.74) is 3.83. The molecular formula is C26H29N3O3. The first-order chi connectivity index (χ1) is 15.4. The molecule has 166 valence electrons. The van der Waals surface area contributed by atoms with Crippen LogP contribution in [0.4, 0.5) is 0 Å². The quantitative estimate of drug-likeness (QED) is 0.622. The Labute approximate surface area is 188 Å². The first-order valence-corrected chi connectivity index (χ1v) is 11.4. The Morgan fingerprint density at radius 3 is 2.75 bits per heavy atom. The Balaban J connectivity index is 1.31. The van der Waals surface area contributed by atoms with Crippen LogP contribution < -0.4 is 4.74 Å². The summed E-state index contributed by atoms with van der Waals surface area (Å²) >= 11 is 0. The Kier molecular flexibility index (Phi) is 5.24.